The van der Waals surface area contributed by atoms with Crippen molar-refractivity contribution in [3.05, 3.63) is 0 Å². The van der Waals surface area contributed by atoms with Gasteiger partial charge in [0.25, 0.3) is 10.1 Å². The lowest BCUT2D eigenvalue weighted by atomic mass is 9.95. The predicted molar refractivity (Wildman–Crippen MR) is 120 cm³/mol. The van der Waals surface area contributed by atoms with Gasteiger partial charge in [0.15, 0.2) is 0 Å². The Balaban J connectivity index is 4.56. The van der Waals surface area contributed by atoms with Gasteiger partial charge in [0, 0.05) is 6.54 Å². The minimum absolute atomic E-state index is 0.263. The molecule has 30 heavy (non-hydrogen) atoms. The lowest BCUT2D eigenvalue weighted by Gasteiger charge is -2.25. The third-order valence-electron chi connectivity index (χ3n) is 5.62. The summed E-state index contributed by atoms with van der Waals surface area (Å²) < 4.78 is 31.1. The molecule has 0 aliphatic carbocycles. The SMILES string of the molecule is CCCCCCCCCCC(CC(=O)NCCCCCCCC)(C(=O)O)S(=O)(=O)O. The van der Waals surface area contributed by atoms with Gasteiger partial charge in [-0.3, -0.25) is 14.1 Å². The second-order valence-corrected chi connectivity index (χ2v) is 10.0. The molecule has 178 valence electrons. The van der Waals surface area contributed by atoms with Gasteiger partial charge in [-0.1, -0.05) is 97.3 Å². The Morgan fingerprint density at radius 1 is 0.767 bits per heavy atom. The van der Waals surface area contributed by atoms with Crippen molar-refractivity contribution in [1.29, 1.82) is 0 Å². The van der Waals surface area contributed by atoms with Crippen LogP contribution in [-0.4, -0.2) is 41.2 Å². The largest absolute Gasteiger partial charge is 0.480 e. The highest BCUT2D eigenvalue weighted by Crippen LogP contribution is 2.29. The van der Waals surface area contributed by atoms with Gasteiger partial charge in [-0.2, -0.15) is 8.42 Å². The molecule has 0 saturated heterocycles. The number of carboxylic acid groups (broad SMARTS) is 1. The Hall–Kier alpha value is -1.15. The van der Waals surface area contributed by atoms with E-state index in [-0.39, 0.29) is 6.42 Å². The molecule has 1 amide bonds. The zero-order valence-corrected chi connectivity index (χ0v) is 19.8. The van der Waals surface area contributed by atoms with Gasteiger partial charge in [-0.25, -0.2) is 0 Å². The van der Waals surface area contributed by atoms with Crippen LogP contribution in [0, 0.1) is 0 Å². The highest BCUT2D eigenvalue weighted by Gasteiger charge is 2.51. The topological polar surface area (TPSA) is 121 Å². The van der Waals surface area contributed by atoms with Crippen LogP contribution in [0.4, 0.5) is 0 Å². The summed E-state index contributed by atoms with van der Waals surface area (Å²) in [5, 5.41) is 12.2. The van der Waals surface area contributed by atoms with Gasteiger partial charge in [0.2, 0.25) is 10.7 Å². The van der Waals surface area contributed by atoms with Crippen molar-refractivity contribution in [2.75, 3.05) is 6.54 Å². The minimum Gasteiger partial charge on any atom is -0.480 e. The third-order valence-corrected chi connectivity index (χ3v) is 7.13. The monoisotopic (exact) mass is 449 g/mol. The van der Waals surface area contributed by atoms with Gasteiger partial charge in [-0.15, -0.1) is 0 Å². The number of aliphatic carboxylic acids is 1. The summed E-state index contributed by atoms with van der Waals surface area (Å²) >= 11 is 0. The normalized spacial score (nSPS) is 13.7. The highest BCUT2D eigenvalue weighted by molar-refractivity contribution is 7.88. The standard InChI is InChI=1S/C22H43NO6S/c1-3-5-7-9-11-12-13-15-17-22(21(25)26,30(27,28)29)19-20(24)23-18-16-14-10-8-6-4-2/h3-19H2,1-2H3,(H,23,24)(H,25,26)(H,27,28,29). The van der Waals surface area contributed by atoms with Gasteiger partial charge >= 0.3 is 5.97 Å². The van der Waals surface area contributed by atoms with Crippen LogP contribution in [0.2, 0.25) is 0 Å². The number of carbonyl (C=O) groups is 2. The summed E-state index contributed by atoms with van der Waals surface area (Å²) in [6.45, 7) is 4.66. The summed E-state index contributed by atoms with van der Waals surface area (Å²) in [6.07, 6.45) is 12.8. The van der Waals surface area contributed by atoms with E-state index in [1.54, 1.807) is 0 Å². The first-order valence-corrected chi connectivity index (χ1v) is 13.1. The molecule has 0 saturated carbocycles. The summed E-state index contributed by atoms with van der Waals surface area (Å²) in [7, 11) is -4.93. The fraction of sp³-hybridized carbons (Fsp3) is 0.909. The zero-order valence-electron chi connectivity index (χ0n) is 19.0. The van der Waals surface area contributed by atoms with E-state index < -0.39 is 33.2 Å². The maximum absolute atomic E-state index is 12.2. The number of unbranched alkanes of at least 4 members (excludes halogenated alkanes) is 12. The van der Waals surface area contributed by atoms with Crippen LogP contribution in [0.1, 0.15) is 117 Å². The van der Waals surface area contributed by atoms with Crippen molar-refractivity contribution in [2.24, 2.45) is 0 Å². The van der Waals surface area contributed by atoms with E-state index >= 15 is 0 Å². The Morgan fingerprint density at radius 3 is 1.63 bits per heavy atom. The number of hydrogen-bond acceptors (Lipinski definition) is 4. The molecule has 7 nitrogen and oxygen atoms in total. The van der Waals surface area contributed by atoms with Gasteiger partial charge < -0.3 is 10.4 Å². The van der Waals surface area contributed by atoms with E-state index in [1.807, 2.05) is 0 Å². The molecule has 0 radical (unpaired) electrons. The Bertz CT molecular complexity index is 578. The average molecular weight is 450 g/mol. The molecule has 1 atom stereocenters. The Kier molecular flexibility index (Phi) is 15.9. The molecular weight excluding hydrogens is 406 g/mol. The molecule has 8 heteroatoms. The molecule has 0 bridgehead atoms. The van der Waals surface area contributed by atoms with Crippen molar-refractivity contribution in [3.63, 3.8) is 0 Å². The number of amides is 1. The number of rotatable bonds is 20. The molecule has 0 aromatic carbocycles. The van der Waals surface area contributed by atoms with Gasteiger partial charge in [0.1, 0.15) is 0 Å². The number of carboxylic acids is 1. The van der Waals surface area contributed by atoms with Crippen LogP contribution in [0.3, 0.4) is 0 Å². The van der Waals surface area contributed by atoms with E-state index in [9.17, 15) is 27.7 Å². The van der Waals surface area contributed by atoms with E-state index in [1.165, 1.54) is 19.3 Å². The third kappa shape index (κ3) is 11.9. The fourth-order valence-corrected chi connectivity index (χ4v) is 4.54. The molecule has 1 unspecified atom stereocenters. The van der Waals surface area contributed by atoms with E-state index in [0.29, 0.717) is 19.4 Å². The first-order valence-electron chi connectivity index (χ1n) is 11.7. The summed E-state index contributed by atoms with van der Waals surface area (Å²) in [4.78, 5) is 24.0. The molecule has 3 N–H and O–H groups in total. The zero-order chi connectivity index (χ0) is 22.9. The maximum Gasteiger partial charge on any atom is 0.328 e. The lowest BCUT2D eigenvalue weighted by molar-refractivity contribution is -0.142. The van der Waals surface area contributed by atoms with E-state index in [4.69, 9.17) is 0 Å². The Morgan fingerprint density at radius 2 is 1.20 bits per heavy atom. The molecule has 0 aliphatic heterocycles. The predicted octanol–water partition coefficient (Wildman–Crippen LogP) is 5.10. The van der Waals surface area contributed by atoms with Crippen LogP contribution in [-0.2, 0) is 19.7 Å². The van der Waals surface area contributed by atoms with Crippen LogP contribution < -0.4 is 5.32 Å². The molecular formula is C22H43NO6S. The average Bonchev–Trinajstić information content (AvgIpc) is 2.67. The van der Waals surface area contributed by atoms with Crippen LogP contribution in [0.25, 0.3) is 0 Å². The summed E-state index contributed by atoms with van der Waals surface area (Å²) in [5.41, 5.74) is 0. The molecule has 0 aliphatic rings. The minimum atomic E-state index is -4.93. The lowest BCUT2D eigenvalue weighted by Crippen LogP contribution is -2.49. The number of nitrogens with one attached hydrogen (secondary N) is 1. The fourth-order valence-electron chi connectivity index (χ4n) is 3.60. The van der Waals surface area contributed by atoms with Crippen molar-refractivity contribution in [3.8, 4) is 0 Å². The van der Waals surface area contributed by atoms with Crippen molar-refractivity contribution in [1.82, 2.24) is 5.32 Å². The van der Waals surface area contributed by atoms with E-state index in [0.717, 1.165) is 57.8 Å². The van der Waals surface area contributed by atoms with Crippen molar-refractivity contribution < 1.29 is 27.7 Å². The molecule has 0 spiro atoms. The van der Waals surface area contributed by atoms with Crippen molar-refractivity contribution >= 4 is 22.0 Å². The van der Waals surface area contributed by atoms with E-state index in [2.05, 4.69) is 19.2 Å². The van der Waals surface area contributed by atoms with Crippen LogP contribution >= 0.6 is 0 Å². The van der Waals surface area contributed by atoms with Crippen LogP contribution in [0.5, 0.6) is 0 Å². The summed E-state index contributed by atoms with van der Waals surface area (Å²) in [6, 6.07) is 0. The number of carbonyl (C=O) groups excluding carboxylic acids is 1. The molecule has 0 aromatic heterocycles. The second-order valence-electron chi connectivity index (χ2n) is 8.29. The molecule has 0 heterocycles. The molecule has 0 fully saturated rings. The first kappa shape index (κ1) is 28.9. The van der Waals surface area contributed by atoms with Crippen molar-refractivity contribution in [2.45, 2.75) is 121 Å². The number of hydrogen-bond donors (Lipinski definition) is 3. The first-order chi connectivity index (χ1) is 14.2. The maximum atomic E-state index is 12.2. The second kappa shape index (κ2) is 16.5. The molecule has 0 aromatic rings. The highest BCUT2D eigenvalue weighted by atomic mass is 32.2. The van der Waals surface area contributed by atoms with Crippen LogP contribution in [0.15, 0.2) is 0 Å². The van der Waals surface area contributed by atoms with Gasteiger partial charge in [0.05, 0.1) is 6.42 Å². The van der Waals surface area contributed by atoms with Gasteiger partial charge in [-0.05, 0) is 12.8 Å². The molecule has 0 rings (SSSR count). The summed E-state index contributed by atoms with van der Waals surface area (Å²) in [5.74, 6) is -2.31. The smallest absolute Gasteiger partial charge is 0.328 e. The Labute approximate surface area is 183 Å². The quantitative estimate of drug-likeness (QED) is 0.176.